The molecule has 114 valence electrons. The molecule has 0 bridgehead atoms. The first-order valence-corrected chi connectivity index (χ1v) is 6.93. The van der Waals surface area contributed by atoms with Gasteiger partial charge in [0.1, 0.15) is 0 Å². The highest BCUT2D eigenvalue weighted by molar-refractivity contribution is 14.0. The van der Waals surface area contributed by atoms with E-state index >= 15 is 0 Å². The van der Waals surface area contributed by atoms with Gasteiger partial charge in [0.25, 0.3) is 0 Å². The lowest BCUT2D eigenvalue weighted by molar-refractivity contribution is 0.837. The van der Waals surface area contributed by atoms with Crippen LogP contribution in [-0.2, 0) is 6.54 Å². The van der Waals surface area contributed by atoms with Gasteiger partial charge in [-0.15, -0.1) is 24.0 Å². The number of rotatable bonds is 5. The van der Waals surface area contributed by atoms with Crippen LogP contribution in [0.3, 0.4) is 0 Å². The number of hydrogen-bond donors (Lipinski definition) is 2. The topological polar surface area (TPSA) is 54.2 Å². The summed E-state index contributed by atoms with van der Waals surface area (Å²) in [5, 5.41) is 6.46. The van der Waals surface area contributed by atoms with Crippen molar-refractivity contribution in [3.8, 4) is 5.69 Å². The fraction of sp³-hybridized carbons (Fsp3) is 0.333. The number of aromatic nitrogens is 2. The first kappa shape index (κ1) is 17.5. The number of nitrogens with zero attached hydrogens (tertiary/aromatic N) is 3. The van der Waals surface area contributed by atoms with Crippen LogP contribution < -0.4 is 10.6 Å². The van der Waals surface area contributed by atoms with Gasteiger partial charge in [0.05, 0.1) is 18.6 Å². The van der Waals surface area contributed by atoms with E-state index in [9.17, 15) is 0 Å². The highest BCUT2D eigenvalue weighted by atomic mass is 127. The largest absolute Gasteiger partial charge is 0.357 e. The Bertz CT molecular complexity index is 543. The van der Waals surface area contributed by atoms with Crippen LogP contribution in [0.1, 0.15) is 19.4 Å². The maximum atomic E-state index is 4.60. The van der Waals surface area contributed by atoms with E-state index in [1.807, 2.05) is 22.9 Å². The van der Waals surface area contributed by atoms with E-state index in [0.29, 0.717) is 6.54 Å². The van der Waals surface area contributed by atoms with Crippen LogP contribution in [0.15, 0.2) is 48.0 Å². The molecule has 0 saturated heterocycles. The lowest BCUT2D eigenvalue weighted by atomic mass is 10.2. The molecule has 0 amide bonds. The van der Waals surface area contributed by atoms with Crippen molar-refractivity contribution in [2.24, 2.45) is 4.99 Å². The van der Waals surface area contributed by atoms with Crippen molar-refractivity contribution in [2.45, 2.75) is 20.4 Å². The summed E-state index contributed by atoms with van der Waals surface area (Å²) < 4.78 is 2.00. The van der Waals surface area contributed by atoms with E-state index in [-0.39, 0.29) is 24.0 Å². The molecule has 0 fully saturated rings. The monoisotopic (exact) mass is 399 g/mol. The molecule has 1 aromatic carbocycles. The molecule has 5 nitrogen and oxygen atoms in total. The zero-order valence-electron chi connectivity index (χ0n) is 12.4. The summed E-state index contributed by atoms with van der Waals surface area (Å²) >= 11 is 0. The highest BCUT2D eigenvalue weighted by Gasteiger charge is 2.03. The first-order valence-electron chi connectivity index (χ1n) is 6.93. The number of hydrogen-bond acceptors (Lipinski definition) is 2. The minimum atomic E-state index is 0. The predicted octanol–water partition coefficient (Wildman–Crippen LogP) is 2.57. The molecule has 0 unspecified atom stereocenters. The van der Waals surface area contributed by atoms with Crippen LogP contribution in [0.25, 0.3) is 5.69 Å². The van der Waals surface area contributed by atoms with Crippen LogP contribution in [0.2, 0.25) is 0 Å². The number of guanidine groups is 1. The molecule has 0 aliphatic heterocycles. The van der Waals surface area contributed by atoms with Gasteiger partial charge in [-0.05, 0) is 25.5 Å². The van der Waals surface area contributed by atoms with Crippen LogP contribution in [0, 0.1) is 0 Å². The summed E-state index contributed by atoms with van der Waals surface area (Å²) in [6, 6.07) is 8.23. The van der Waals surface area contributed by atoms with Crippen molar-refractivity contribution in [3.63, 3.8) is 0 Å². The number of imidazole rings is 1. The van der Waals surface area contributed by atoms with Gasteiger partial charge >= 0.3 is 0 Å². The molecule has 1 aromatic heterocycles. The van der Waals surface area contributed by atoms with Crippen LogP contribution >= 0.6 is 24.0 Å². The Balaban J connectivity index is 0.00000220. The van der Waals surface area contributed by atoms with Gasteiger partial charge in [-0.1, -0.05) is 18.2 Å². The molecule has 0 aliphatic rings. The number of nitrogens with one attached hydrogen (secondary N) is 2. The quantitative estimate of drug-likeness (QED) is 0.462. The third-order valence-corrected chi connectivity index (χ3v) is 2.87. The van der Waals surface area contributed by atoms with Gasteiger partial charge < -0.3 is 15.2 Å². The lowest BCUT2D eigenvalue weighted by Gasteiger charge is -2.11. The van der Waals surface area contributed by atoms with E-state index in [0.717, 1.165) is 24.7 Å². The fourth-order valence-corrected chi connectivity index (χ4v) is 1.97. The third kappa shape index (κ3) is 5.04. The smallest absolute Gasteiger partial charge is 0.191 e. The molecule has 0 aliphatic carbocycles. The standard InChI is InChI=1S/C15H21N5.HI/c1-3-17-15(18-4-2)19-11-13-7-5-6-8-14(13)20-10-9-16-12-20;/h5-10,12H,3-4,11H2,1-2H3,(H2,17,18,19);1H. The Morgan fingerprint density at radius 3 is 2.52 bits per heavy atom. The zero-order valence-corrected chi connectivity index (χ0v) is 14.7. The average Bonchev–Trinajstić information content (AvgIpc) is 2.99. The van der Waals surface area contributed by atoms with Crippen molar-refractivity contribution in [1.82, 2.24) is 20.2 Å². The third-order valence-electron chi connectivity index (χ3n) is 2.87. The Hall–Kier alpha value is -1.57. The summed E-state index contributed by atoms with van der Waals surface area (Å²) in [6.07, 6.45) is 5.53. The van der Waals surface area contributed by atoms with Gasteiger partial charge in [0.15, 0.2) is 5.96 Å². The summed E-state index contributed by atoms with van der Waals surface area (Å²) in [4.78, 5) is 8.70. The van der Waals surface area contributed by atoms with Crippen molar-refractivity contribution in [3.05, 3.63) is 48.5 Å². The van der Waals surface area contributed by atoms with Crippen molar-refractivity contribution >= 4 is 29.9 Å². The summed E-state index contributed by atoms with van der Waals surface area (Å²) in [6.45, 7) is 6.46. The van der Waals surface area contributed by atoms with Gasteiger partial charge in [0.2, 0.25) is 0 Å². The molecule has 1 heterocycles. The van der Waals surface area contributed by atoms with Gasteiger partial charge in [-0.2, -0.15) is 0 Å². The van der Waals surface area contributed by atoms with E-state index in [2.05, 4.69) is 46.6 Å². The lowest BCUT2D eigenvalue weighted by Crippen LogP contribution is -2.37. The molecular weight excluding hydrogens is 377 g/mol. The van der Waals surface area contributed by atoms with Crippen molar-refractivity contribution in [1.29, 1.82) is 0 Å². The Labute approximate surface area is 142 Å². The molecule has 2 aromatic rings. The average molecular weight is 399 g/mol. The Morgan fingerprint density at radius 2 is 1.90 bits per heavy atom. The summed E-state index contributed by atoms with van der Waals surface area (Å²) in [7, 11) is 0. The highest BCUT2D eigenvalue weighted by Crippen LogP contribution is 2.14. The Morgan fingerprint density at radius 1 is 1.19 bits per heavy atom. The van der Waals surface area contributed by atoms with E-state index in [1.165, 1.54) is 5.56 Å². The molecule has 21 heavy (non-hydrogen) atoms. The molecule has 0 saturated carbocycles. The molecule has 0 spiro atoms. The van der Waals surface area contributed by atoms with Crippen LogP contribution in [-0.4, -0.2) is 28.6 Å². The molecule has 2 rings (SSSR count). The molecule has 2 N–H and O–H groups in total. The minimum absolute atomic E-state index is 0. The SMILES string of the molecule is CCNC(=NCc1ccccc1-n1ccnc1)NCC.I. The zero-order chi connectivity index (χ0) is 14.2. The first-order chi connectivity index (χ1) is 9.85. The van der Waals surface area contributed by atoms with Crippen molar-refractivity contribution in [2.75, 3.05) is 13.1 Å². The normalized spacial score (nSPS) is 9.62. The number of halogens is 1. The predicted molar refractivity (Wildman–Crippen MR) is 97.5 cm³/mol. The molecule has 0 radical (unpaired) electrons. The van der Waals surface area contributed by atoms with Crippen molar-refractivity contribution < 1.29 is 0 Å². The second-order valence-electron chi connectivity index (χ2n) is 4.32. The number of benzene rings is 1. The van der Waals surface area contributed by atoms with E-state index < -0.39 is 0 Å². The van der Waals surface area contributed by atoms with E-state index in [4.69, 9.17) is 0 Å². The second-order valence-corrected chi connectivity index (χ2v) is 4.32. The van der Waals surface area contributed by atoms with E-state index in [1.54, 1.807) is 12.5 Å². The fourth-order valence-electron chi connectivity index (χ4n) is 1.97. The number of para-hydroxylation sites is 1. The summed E-state index contributed by atoms with van der Waals surface area (Å²) in [5.74, 6) is 0.843. The second kappa shape index (κ2) is 9.38. The van der Waals surface area contributed by atoms with Crippen LogP contribution in [0.5, 0.6) is 0 Å². The van der Waals surface area contributed by atoms with Crippen LogP contribution in [0.4, 0.5) is 0 Å². The molecular formula is C15H22IN5. The Kier molecular flexibility index (Phi) is 7.81. The number of aliphatic imine (C=N–C) groups is 1. The maximum Gasteiger partial charge on any atom is 0.191 e. The summed E-state index contributed by atoms with van der Waals surface area (Å²) in [5.41, 5.74) is 2.28. The maximum absolute atomic E-state index is 4.60. The van der Waals surface area contributed by atoms with Gasteiger partial charge in [0, 0.05) is 25.5 Å². The molecule has 6 heteroatoms. The molecule has 0 atom stereocenters. The van der Waals surface area contributed by atoms with Gasteiger partial charge in [-0.25, -0.2) is 9.98 Å². The minimum Gasteiger partial charge on any atom is -0.357 e. The van der Waals surface area contributed by atoms with Gasteiger partial charge in [-0.3, -0.25) is 0 Å².